The summed E-state index contributed by atoms with van der Waals surface area (Å²) < 4.78 is 6.61. The van der Waals surface area contributed by atoms with Gasteiger partial charge in [-0.05, 0) is 67.5 Å². The predicted molar refractivity (Wildman–Crippen MR) is 89.7 cm³/mol. The lowest BCUT2D eigenvalue weighted by molar-refractivity contribution is -0.0810. The maximum atomic E-state index is 10.2. The first kappa shape index (κ1) is 15.8. The van der Waals surface area contributed by atoms with Crippen LogP contribution in [0.15, 0.2) is 12.2 Å². The van der Waals surface area contributed by atoms with Crippen LogP contribution in [0.2, 0.25) is 18.1 Å². The molecule has 0 unspecified atom stereocenters. The molecule has 0 aromatic rings. The van der Waals surface area contributed by atoms with Crippen LogP contribution in [0.5, 0.6) is 0 Å². The lowest BCUT2D eigenvalue weighted by Gasteiger charge is -2.56. The van der Waals surface area contributed by atoms with Crippen molar-refractivity contribution in [3.05, 3.63) is 12.2 Å². The zero-order valence-electron chi connectivity index (χ0n) is 14.4. The number of aliphatic hydroxyl groups is 1. The van der Waals surface area contributed by atoms with E-state index >= 15 is 0 Å². The monoisotopic (exact) mass is 308 g/mol. The highest BCUT2D eigenvalue weighted by Crippen LogP contribution is 2.58. The Kier molecular flexibility index (Phi) is 3.71. The van der Waals surface area contributed by atoms with Crippen LogP contribution in [0.25, 0.3) is 0 Å². The van der Waals surface area contributed by atoms with Crippen LogP contribution in [0, 0.1) is 17.3 Å². The fourth-order valence-electron chi connectivity index (χ4n) is 4.47. The van der Waals surface area contributed by atoms with E-state index in [4.69, 9.17) is 4.43 Å². The molecule has 4 rings (SSSR count). The molecule has 2 bridgehead atoms. The zero-order valence-corrected chi connectivity index (χ0v) is 15.4. The Morgan fingerprint density at radius 2 is 1.95 bits per heavy atom. The molecule has 0 aromatic carbocycles. The smallest absolute Gasteiger partial charge is 0.192 e. The van der Waals surface area contributed by atoms with Crippen LogP contribution >= 0.6 is 0 Å². The summed E-state index contributed by atoms with van der Waals surface area (Å²) >= 11 is 0. The number of allylic oxidation sites excluding steroid dienone is 1. The van der Waals surface area contributed by atoms with Gasteiger partial charge in [0, 0.05) is 0 Å². The Labute approximate surface area is 131 Å². The molecule has 0 saturated heterocycles. The molecule has 5 atom stereocenters. The Morgan fingerprint density at radius 3 is 2.57 bits per heavy atom. The van der Waals surface area contributed by atoms with Gasteiger partial charge < -0.3 is 9.53 Å². The van der Waals surface area contributed by atoms with Crippen LogP contribution < -0.4 is 0 Å². The van der Waals surface area contributed by atoms with Gasteiger partial charge in [0.05, 0.1) is 12.2 Å². The molecule has 0 amide bonds. The molecule has 0 heterocycles. The molecule has 1 N–H and O–H groups in total. The second kappa shape index (κ2) is 4.94. The lowest BCUT2D eigenvalue weighted by atomic mass is 9.51. The summed E-state index contributed by atoms with van der Waals surface area (Å²) in [6.07, 6.45) is 10.9. The molecule has 3 fully saturated rings. The fourth-order valence-corrected chi connectivity index (χ4v) is 5.75. The van der Waals surface area contributed by atoms with E-state index in [0.717, 1.165) is 12.3 Å². The highest BCUT2D eigenvalue weighted by Gasteiger charge is 2.52. The average molecular weight is 309 g/mol. The van der Waals surface area contributed by atoms with E-state index in [1.807, 2.05) is 0 Å². The van der Waals surface area contributed by atoms with Gasteiger partial charge in [-0.1, -0.05) is 32.9 Å². The molecule has 120 valence electrons. The van der Waals surface area contributed by atoms with E-state index in [1.165, 1.54) is 25.7 Å². The molecule has 0 aliphatic heterocycles. The van der Waals surface area contributed by atoms with Crippen molar-refractivity contribution in [1.82, 2.24) is 0 Å². The summed E-state index contributed by atoms with van der Waals surface area (Å²) in [5.74, 6) is 1.29. The van der Waals surface area contributed by atoms with Crippen molar-refractivity contribution in [1.29, 1.82) is 0 Å². The summed E-state index contributed by atoms with van der Waals surface area (Å²) in [5, 5.41) is 10.5. The molecule has 0 aromatic heterocycles. The number of aliphatic hydroxyl groups excluding tert-OH is 1. The van der Waals surface area contributed by atoms with Crippen LogP contribution in [0.3, 0.4) is 0 Å². The Bertz CT molecular complexity index is 437. The first-order valence-corrected chi connectivity index (χ1v) is 11.6. The van der Waals surface area contributed by atoms with Gasteiger partial charge in [-0.3, -0.25) is 0 Å². The minimum atomic E-state index is -1.69. The van der Waals surface area contributed by atoms with Crippen molar-refractivity contribution in [2.24, 2.45) is 17.3 Å². The number of hydrogen-bond acceptors (Lipinski definition) is 2. The quantitative estimate of drug-likeness (QED) is 0.601. The van der Waals surface area contributed by atoms with Crippen LogP contribution in [-0.2, 0) is 4.43 Å². The second-order valence-electron chi connectivity index (χ2n) is 9.25. The third-order valence-electron chi connectivity index (χ3n) is 6.93. The predicted octanol–water partition coefficient (Wildman–Crippen LogP) is 4.50. The average Bonchev–Trinajstić information content (AvgIpc) is 2.36. The lowest BCUT2D eigenvalue weighted by Crippen LogP contribution is -2.52. The Morgan fingerprint density at radius 1 is 1.24 bits per heavy atom. The minimum absolute atomic E-state index is 0.0579. The third kappa shape index (κ3) is 2.66. The Hall–Kier alpha value is -0.123. The van der Waals surface area contributed by atoms with E-state index in [-0.39, 0.29) is 11.1 Å². The molecular weight excluding hydrogens is 276 g/mol. The summed E-state index contributed by atoms with van der Waals surface area (Å²) in [7, 11) is -1.69. The highest BCUT2D eigenvalue weighted by atomic mass is 28.4. The molecule has 3 heteroatoms. The SMILES string of the molecule is CC(C)(C)[Si](C)(C)O[C@@H]1C=C[C@@]23CC[C@@H](C[C@H]2C1)[C@@H](O)C3. The van der Waals surface area contributed by atoms with Crippen molar-refractivity contribution in [3.8, 4) is 0 Å². The van der Waals surface area contributed by atoms with Crippen LogP contribution in [0.4, 0.5) is 0 Å². The molecule has 4 aliphatic carbocycles. The number of fused-ring (bicyclic) bond motifs is 2. The maximum Gasteiger partial charge on any atom is 0.192 e. The zero-order chi connectivity index (χ0) is 15.5. The maximum absolute atomic E-state index is 10.2. The summed E-state index contributed by atoms with van der Waals surface area (Å²) in [6.45, 7) is 11.6. The number of rotatable bonds is 2. The van der Waals surface area contributed by atoms with Gasteiger partial charge >= 0.3 is 0 Å². The van der Waals surface area contributed by atoms with Gasteiger partial charge in [-0.2, -0.15) is 0 Å². The molecule has 4 aliphatic rings. The third-order valence-corrected chi connectivity index (χ3v) is 11.4. The van der Waals surface area contributed by atoms with E-state index in [9.17, 15) is 5.11 Å². The molecule has 2 nitrogen and oxygen atoms in total. The minimum Gasteiger partial charge on any atom is -0.411 e. The van der Waals surface area contributed by atoms with Crippen molar-refractivity contribution in [2.45, 2.75) is 83.2 Å². The van der Waals surface area contributed by atoms with Crippen molar-refractivity contribution in [3.63, 3.8) is 0 Å². The van der Waals surface area contributed by atoms with Gasteiger partial charge in [-0.15, -0.1) is 0 Å². The Balaban J connectivity index is 1.74. The normalized spacial score (nSPS) is 43.0. The standard InChI is InChI=1S/C18H32O2Si/c1-17(2,3)21(4,5)20-15-7-9-18-8-6-13(16(19)12-18)10-14(18)11-15/h7,9,13-16,19H,6,8,10-12H2,1-5H3/t13-,14-,15+,16-,18+/m0/s1. The number of hydrogen-bond donors (Lipinski definition) is 1. The van der Waals surface area contributed by atoms with Crippen LogP contribution in [-0.4, -0.2) is 25.6 Å². The molecule has 21 heavy (non-hydrogen) atoms. The van der Waals surface area contributed by atoms with E-state index in [1.54, 1.807) is 0 Å². The van der Waals surface area contributed by atoms with E-state index in [2.05, 4.69) is 46.0 Å². The molecule has 1 spiro atoms. The summed E-state index contributed by atoms with van der Waals surface area (Å²) in [5.41, 5.74) is 0.293. The molecule has 0 radical (unpaired) electrons. The first-order valence-electron chi connectivity index (χ1n) is 8.68. The van der Waals surface area contributed by atoms with Gasteiger partial charge in [0.25, 0.3) is 0 Å². The summed E-state index contributed by atoms with van der Waals surface area (Å²) in [6, 6.07) is 0. The largest absolute Gasteiger partial charge is 0.411 e. The fraction of sp³-hybridized carbons (Fsp3) is 0.889. The second-order valence-corrected chi connectivity index (χ2v) is 14.0. The highest BCUT2D eigenvalue weighted by molar-refractivity contribution is 6.74. The molecule has 3 saturated carbocycles. The van der Waals surface area contributed by atoms with Crippen molar-refractivity contribution in [2.75, 3.05) is 0 Å². The van der Waals surface area contributed by atoms with Crippen molar-refractivity contribution < 1.29 is 9.53 Å². The van der Waals surface area contributed by atoms with E-state index in [0.29, 0.717) is 17.4 Å². The van der Waals surface area contributed by atoms with Gasteiger partial charge in [-0.25, -0.2) is 0 Å². The van der Waals surface area contributed by atoms with Gasteiger partial charge in [0.1, 0.15) is 0 Å². The first-order chi connectivity index (χ1) is 9.63. The van der Waals surface area contributed by atoms with Gasteiger partial charge in [0.15, 0.2) is 8.32 Å². The summed E-state index contributed by atoms with van der Waals surface area (Å²) in [4.78, 5) is 0. The molecular formula is C18H32O2Si. The topological polar surface area (TPSA) is 29.5 Å². The van der Waals surface area contributed by atoms with Gasteiger partial charge in [0.2, 0.25) is 0 Å². The van der Waals surface area contributed by atoms with E-state index < -0.39 is 8.32 Å². The van der Waals surface area contributed by atoms with Crippen molar-refractivity contribution >= 4 is 8.32 Å². The van der Waals surface area contributed by atoms with Crippen LogP contribution in [0.1, 0.15) is 52.9 Å².